The van der Waals surface area contributed by atoms with Crippen LogP contribution in [0.4, 0.5) is 11.4 Å². The van der Waals surface area contributed by atoms with Crippen molar-refractivity contribution in [3.63, 3.8) is 0 Å². The van der Waals surface area contributed by atoms with Crippen molar-refractivity contribution in [3.05, 3.63) is 94.7 Å². The predicted molar refractivity (Wildman–Crippen MR) is 137 cm³/mol. The molecule has 0 fully saturated rings. The maximum atomic E-state index is 13.7. The molecule has 174 valence electrons. The second-order valence-corrected chi connectivity index (χ2v) is 9.15. The summed E-state index contributed by atoms with van der Waals surface area (Å²) in [5, 5.41) is 3.29. The van der Waals surface area contributed by atoms with Crippen LogP contribution in [0.5, 0.6) is 5.75 Å². The molecule has 1 aliphatic rings. The zero-order chi connectivity index (χ0) is 24.4. The predicted octanol–water partition coefficient (Wildman–Crippen LogP) is 6.04. The van der Waals surface area contributed by atoms with Gasteiger partial charge in [0, 0.05) is 5.69 Å². The van der Waals surface area contributed by atoms with Crippen LogP contribution in [0, 0.1) is 26.7 Å². The lowest BCUT2D eigenvalue weighted by atomic mass is 10.0. The van der Waals surface area contributed by atoms with Crippen molar-refractivity contribution >= 4 is 28.8 Å². The van der Waals surface area contributed by atoms with Crippen molar-refractivity contribution in [2.75, 3.05) is 16.8 Å². The Kier molecular flexibility index (Phi) is 6.55. The fourth-order valence-corrected chi connectivity index (χ4v) is 3.93. The number of aryl methyl sites for hydroxylation is 3. The molecule has 0 saturated carbocycles. The molecule has 4 rings (SSSR count). The maximum absolute atomic E-state index is 13.7. The van der Waals surface area contributed by atoms with Crippen LogP contribution in [0.1, 0.15) is 36.1 Å². The number of anilines is 2. The Bertz CT molecular complexity index is 1270. The van der Waals surface area contributed by atoms with Gasteiger partial charge >= 0.3 is 0 Å². The smallest absolute Gasteiger partial charge is 0.282 e. The van der Waals surface area contributed by atoms with Crippen LogP contribution in [-0.4, -0.2) is 18.4 Å². The highest BCUT2D eigenvalue weighted by atomic mass is 16.5. The first-order valence-corrected chi connectivity index (χ1v) is 11.5. The van der Waals surface area contributed by atoms with Gasteiger partial charge in [-0.2, -0.15) is 0 Å². The zero-order valence-corrected chi connectivity index (χ0v) is 20.3. The quantitative estimate of drug-likeness (QED) is 0.442. The van der Waals surface area contributed by atoms with Crippen molar-refractivity contribution in [1.82, 2.24) is 0 Å². The molecule has 0 radical (unpaired) electrons. The molecule has 3 aromatic rings. The van der Waals surface area contributed by atoms with Crippen molar-refractivity contribution < 1.29 is 14.3 Å². The van der Waals surface area contributed by atoms with Gasteiger partial charge in [0.15, 0.2) is 0 Å². The number of ether oxygens (including phenoxy) is 1. The van der Waals surface area contributed by atoms with E-state index in [1.54, 1.807) is 6.07 Å². The minimum Gasteiger partial charge on any atom is -0.493 e. The van der Waals surface area contributed by atoms with E-state index in [9.17, 15) is 9.59 Å². The number of para-hydroxylation sites is 1. The Morgan fingerprint density at radius 3 is 2.24 bits per heavy atom. The van der Waals surface area contributed by atoms with E-state index in [2.05, 4.69) is 19.2 Å². The molecule has 2 amide bonds. The number of imide groups is 1. The van der Waals surface area contributed by atoms with Gasteiger partial charge in [-0.1, -0.05) is 56.3 Å². The molecular weight excluding hydrogens is 424 g/mol. The summed E-state index contributed by atoms with van der Waals surface area (Å²) in [4.78, 5) is 28.6. The van der Waals surface area contributed by atoms with Crippen molar-refractivity contribution in [2.24, 2.45) is 5.92 Å². The van der Waals surface area contributed by atoms with Gasteiger partial charge in [-0.25, -0.2) is 4.90 Å². The molecule has 0 bridgehead atoms. The molecule has 5 nitrogen and oxygen atoms in total. The van der Waals surface area contributed by atoms with Crippen molar-refractivity contribution in [2.45, 2.75) is 34.6 Å². The Morgan fingerprint density at radius 1 is 0.853 bits per heavy atom. The van der Waals surface area contributed by atoms with Crippen LogP contribution in [0.15, 0.2) is 72.4 Å². The normalized spacial score (nSPS) is 13.8. The minimum absolute atomic E-state index is 0.276. The number of carbonyl (C=O) groups excluding carboxylic acids is 2. The molecule has 0 spiro atoms. The largest absolute Gasteiger partial charge is 0.493 e. The summed E-state index contributed by atoms with van der Waals surface area (Å²) < 4.78 is 5.80. The van der Waals surface area contributed by atoms with E-state index in [1.807, 2.05) is 81.4 Å². The van der Waals surface area contributed by atoms with Gasteiger partial charge in [0.05, 0.1) is 17.9 Å². The molecule has 1 heterocycles. The molecule has 0 aliphatic carbocycles. The van der Waals surface area contributed by atoms with Crippen LogP contribution < -0.4 is 15.0 Å². The SMILES string of the molecule is Cc1ccc(C)c(NC2=C(c3ccc(OCC(C)C)cc3)C(=O)N(c3ccccc3C)C2=O)c1. The van der Waals surface area contributed by atoms with E-state index < -0.39 is 0 Å². The summed E-state index contributed by atoms with van der Waals surface area (Å²) in [7, 11) is 0. The topological polar surface area (TPSA) is 58.6 Å². The van der Waals surface area contributed by atoms with Crippen LogP contribution in [0.2, 0.25) is 0 Å². The lowest BCUT2D eigenvalue weighted by molar-refractivity contribution is -0.120. The molecule has 0 unspecified atom stereocenters. The fourth-order valence-electron chi connectivity index (χ4n) is 3.93. The molecule has 0 atom stereocenters. The number of benzene rings is 3. The average Bonchev–Trinajstić information content (AvgIpc) is 3.05. The standard InChI is InChI=1S/C29H30N2O3/c1-18(2)17-34-23-14-12-22(13-15-23)26-27(30-24-16-19(3)10-11-20(24)4)29(33)31(28(26)32)25-9-7-6-8-21(25)5/h6-16,18,30H,17H2,1-5H3. The third-order valence-electron chi connectivity index (χ3n) is 5.82. The van der Waals surface area contributed by atoms with Gasteiger partial charge in [-0.05, 0) is 73.2 Å². The number of hydrogen-bond acceptors (Lipinski definition) is 4. The number of nitrogens with one attached hydrogen (secondary N) is 1. The molecular formula is C29H30N2O3. The summed E-state index contributed by atoms with van der Waals surface area (Å²) in [6.07, 6.45) is 0. The first-order valence-electron chi connectivity index (χ1n) is 11.5. The third-order valence-corrected chi connectivity index (χ3v) is 5.82. The van der Waals surface area contributed by atoms with Gasteiger partial charge in [-0.15, -0.1) is 0 Å². The lowest BCUT2D eigenvalue weighted by Gasteiger charge is -2.18. The highest BCUT2D eigenvalue weighted by Crippen LogP contribution is 2.36. The maximum Gasteiger partial charge on any atom is 0.282 e. The van der Waals surface area contributed by atoms with E-state index in [1.165, 1.54) is 4.90 Å². The molecule has 34 heavy (non-hydrogen) atoms. The first-order chi connectivity index (χ1) is 16.3. The molecule has 0 aromatic heterocycles. The van der Waals surface area contributed by atoms with Crippen LogP contribution >= 0.6 is 0 Å². The highest BCUT2D eigenvalue weighted by molar-refractivity contribution is 6.46. The third kappa shape index (κ3) is 4.60. The van der Waals surface area contributed by atoms with Crippen molar-refractivity contribution in [3.8, 4) is 5.75 Å². The van der Waals surface area contributed by atoms with Gasteiger partial charge in [0.1, 0.15) is 11.4 Å². The molecule has 1 aliphatic heterocycles. The lowest BCUT2D eigenvalue weighted by Crippen LogP contribution is -2.33. The highest BCUT2D eigenvalue weighted by Gasteiger charge is 2.40. The fraction of sp³-hybridized carbons (Fsp3) is 0.241. The number of amides is 2. The van der Waals surface area contributed by atoms with Gasteiger partial charge in [0.25, 0.3) is 11.8 Å². The van der Waals surface area contributed by atoms with Crippen LogP contribution in [0.3, 0.4) is 0 Å². The van der Waals surface area contributed by atoms with E-state index in [0.29, 0.717) is 29.3 Å². The van der Waals surface area contributed by atoms with E-state index in [-0.39, 0.29) is 17.5 Å². The van der Waals surface area contributed by atoms with Gasteiger partial charge in [-0.3, -0.25) is 9.59 Å². The Balaban J connectivity index is 1.78. The summed E-state index contributed by atoms with van der Waals surface area (Å²) in [6.45, 7) is 10.7. The number of rotatable bonds is 7. The second kappa shape index (κ2) is 9.56. The zero-order valence-electron chi connectivity index (χ0n) is 20.3. The summed E-state index contributed by atoms with van der Waals surface area (Å²) in [6, 6.07) is 20.8. The van der Waals surface area contributed by atoms with Crippen molar-refractivity contribution in [1.29, 1.82) is 0 Å². The van der Waals surface area contributed by atoms with Crippen LogP contribution in [0.25, 0.3) is 5.57 Å². The van der Waals surface area contributed by atoms with E-state index in [0.717, 1.165) is 28.1 Å². The Labute approximate surface area is 201 Å². The minimum atomic E-state index is -0.365. The molecule has 1 N–H and O–H groups in total. The van der Waals surface area contributed by atoms with Crippen LogP contribution in [-0.2, 0) is 9.59 Å². The number of nitrogens with zero attached hydrogens (tertiary/aromatic N) is 1. The Hall–Kier alpha value is -3.86. The summed E-state index contributed by atoms with van der Waals surface area (Å²) in [5.74, 6) is 0.431. The number of hydrogen-bond donors (Lipinski definition) is 1. The molecule has 5 heteroatoms. The van der Waals surface area contributed by atoms with E-state index in [4.69, 9.17) is 4.74 Å². The monoisotopic (exact) mass is 454 g/mol. The van der Waals surface area contributed by atoms with E-state index >= 15 is 0 Å². The molecule has 0 saturated heterocycles. The van der Waals surface area contributed by atoms with Gasteiger partial charge < -0.3 is 10.1 Å². The Morgan fingerprint density at radius 2 is 1.56 bits per heavy atom. The second-order valence-electron chi connectivity index (χ2n) is 9.15. The summed E-state index contributed by atoms with van der Waals surface area (Å²) in [5.41, 5.74) is 5.59. The number of carbonyl (C=O) groups is 2. The summed E-state index contributed by atoms with van der Waals surface area (Å²) >= 11 is 0. The first kappa shape index (κ1) is 23.3. The average molecular weight is 455 g/mol. The van der Waals surface area contributed by atoms with Gasteiger partial charge in [0.2, 0.25) is 0 Å². The molecule has 3 aromatic carbocycles.